The van der Waals surface area contributed by atoms with Crippen molar-refractivity contribution >= 4 is 17.1 Å². The fourth-order valence-electron chi connectivity index (χ4n) is 4.65. The van der Waals surface area contributed by atoms with Gasteiger partial charge >= 0.3 is 6.09 Å². The van der Waals surface area contributed by atoms with Crippen LogP contribution in [0.15, 0.2) is 24.3 Å². The van der Waals surface area contributed by atoms with E-state index in [-0.39, 0.29) is 12.0 Å². The highest BCUT2D eigenvalue weighted by Crippen LogP contribution is 2.44. The number of H-pyrrole nitrogens is 1. The van der Waals surface area contributed by atoms with Crippen molar-refractivity contribution in [1.29, 1.82) is 0 Å². The number of likely N-dealkylation sites (tertiary alicyclic amines) is 1. The number of hydrogen-bond acceptors (Lipinski definition) is 5. The molecule has 8 nitrogen and oxygen atoms in total. The van der Waals surface area contributed by atoms with Crippen molar-refractivity contribution in [1.82, 2.24) is 24.6 Å². The van der Waals surface area contributed by atoms with Crippen LogP contribution in [0.5, 0.6) is 5.88 Å². The minimum atomic E-state index is -0.468. The number of hydrogen-bond donors (Lipinski definition) is 2. The summed E-state index contributed by atoms with van der Waals surface area (Å²) in [6, 6.07) is 7.83. The Morgan fingerprint density at radius 3 is 2.58 bits per heavy atom. The van der Waals surface area contributed by atoms with Gasteiger partial charge in [0, 0.05) is 24.6 Å². The maximum Gasteiger partial charge on any atom is 0.410 e. The first-order valence-corrected chi connectivity index (χ1v) is 12.0. The van der Waals surface area contributed by atoms with E-state index in [9.17, 15) is 9.90 Å². The molecule has 2 N–H and O–H groups in total. The van der Waals surface area contributed by atoms with Crippen molar-refractivity contribution in [3.8, 4) is 11.8 Å². The number of amides is 1. The van der Waals surface area contributed by atoms with E-state index in [0.717, 1.165) is 73.9 Å². The maximum absolute atomic E-state index is 12.3. The van der Waals surface area contributed by atoms with Gasteiger partial charge in [0.1, 0.15) is 5.60 Å². The van der Waals surface area contributed by atoms with Crippen LogP contribution in [-0.4, -0.2) is 54.5 Å². The molecule has 1 saturated carbocycles. The lowest BCUT2D eigenvalue weighted by Gasteiger charge is -2.33. The van der Waals surface area contributed by atoms with Crippen LogP contribution >= 0.6 is 0 Å². The third kappa shape index (κ3) is 4.70. The Morgan fingerprint density at radius 2 is 1.91 bits per heavy atom. The lowest BCUT2D eigenvalue weighted by molar-refractivity contribution is 0.0181. The van der Waals surface area contributed by atoms with Crippen molar-refractivity contribution < 1.29 is 14.6 Å². The van der Waals surface area contributed by atoms with Gasteiger partial charge in [0.15, 0.2) is 0 Å². The highest BCUT2D eigenvalue weighted by molar-refractivity contribution is 5.76. The van der Waals surface area contributed by atoms with Gasteiger partial charge in [0.05, 0.1) is 16.7 Å². The summed E-state index contributed by atoms with van der Waals surface area (Å²) in [6.07, 6.45) is 5.69. The quantitative estimate of drug-likeness (QED) is 0.574. The Hall–Kier alpha value is -3.03. The molecule has 2 aromatic heterocycles. The summed E-state index contributed by atoms with van der Waals surface area (Å²) in [4.78, 5) is 22.0. The Kier molecular flexibility index (Phi) is 5.54. The molecule has 1 aliphatic carbocycles. The number of carbonyl (C=O) groups is 1. The van der Waals surface area contributed by atoms with Gasteiger partial charge in [-0.05, 0) is 77.3 Å². The maximum atomic E-state index is 12.3. The van der Waals surface area contributed by atoms with Crippen LogP contribution in [0.3, 0.4) is 0 Å². The molecule has 2 fully saturated rings. The first-order chi connectivity index (χ1) is 15.8. The third-order valence-corrected chi connectivity index (χ3v) is 6.60. The second-order valence-electron chi connectivity index (χ2n) is 10.4. The van der Waals surface area contributed by atoms with E-state index in [2.05, 4.69) is 9.97 Å². The predicted octanol–water partition coefficient (Wildman–Crippen LogP) is 4.91. The lowest BCUT2D eigenvalue weighted by Crippen LogP contribution is -2.41. The number of piperidine rings is 1. The molecule has 1 saturated heterocycles. The fourth-order valence-corrected chi connectivity index (χ4v) is 4.65. The second-order valence-corrected chi connectivity index (χ2v) is 10.4. The van der Waals surface area contributed by atoms with Crippen LogP contribution in [0.2, 0.25) is 0 Å². The molecule has 0 atom stereocenters. The number of fused-ring (bicyclic) bond motifs is 1. The number of benzene rings is 1. The van der Waals surface area contributed by atoms with Crippen LogP contribution in [0.1, 0.15) is 70.1 Å². The summed E-state index contributed by atoms with van der Waals surface area (Å²) in [7, 11) is 0. The van der Waals surface area contributed by atoms with Gasteiger partial charge in [-0.15, -0.1) is 0 Å². The summed E-state index contributed by atoms with van der Waals surface area (Å²) in [5.41, 5.74) is 3.28. The zero-order valence-corrected chi connectivity index (χ0v) is 19.7. The van der Waals surface area contributed by atoms with Crippen LogP contribution in [0, 0.1) is 5.92 Å². The Morgan fingerprint density at radius 1 is 1.18 bits per heavy atom. The first-order valence-electron chi connectivity index (χ1n) is 12.0. The molecule has 176 valence electrons. The summed E-state index contributed by atoms with van der Waals surface area (Å²) >= 11 is 0. The molecule has 8 heteroatoms. The van der Waals surface area contributed by atoms with E-state index in [1.54, 1.807) is 4.68 Å². The molecule has 2 aliphatic rings. The molecule has 0 radical (unpaired) electrons. The van der Waals surface area contributed by atoms with Gasteiger partial charge < -0.3 is 19.7 Å². The van der Waals surface area contributed by atoms with Crippen molar-refractivity contribution in [3.63, 3.8) is 0 Å². The number of ether oxygens (including phenoxy) is 1. The van der Waals surface area contributed by atoms with Gasteiger partial charge in [-0.2, -0.15) is 9.78 Å². The van der Waals surface area contributed by atoms with Crippen LogP contribution in [-0.2, 0) is 11.2 Å². The van der Waals surface area contributed by atoms with E-state index in [1.807, 2.05) is 49.9 Å². The van der Waals surface area contributed by atoms with Crippen molar-refractivity contribution in [3.05, 3.63) is 35.5 Å². The minimum Gasteiger partial charge on any atom is -0.493 e. The highest BCUT2D eigenvalue weighted by Gasteiger charge is 2.33. The highest BCUT2D eigenvalue weighted by atomic mass is 16.6. The molecular formula is C25H33N5O3. The van der Waals surface area contributed by atoms with Crippen LogP contribution < -0.4 is 0 Å². The van der Waals surface area contributed by atoms with Crippen molar-refractivity contribution in [2.75, 3.05) is 13.1 Å². The summed E-state index contributed by atoms with van der Waals surface area (Å²) in [5.74, 6) is 1.70. The monoisotopic (exact) mass is 451 g/mol. The van der Waals surface area contributed by atoms with Crippen LogP contribution in [0.4, 0.5) is 4.79 Å². The smallest absolute Gasteiger partial charge is 0.410 e. The normalized spacial score (nSPS) is 17.6. The predicted molar refractivity (Wildman–Crippen MR) is 126 cm³/mol. The molecule has 0 unspecified atom stereocenters. The number of rotatable bonds is 5. The summed E-state index contributed by atoms with van der Waals surface area (Å²) in [6.45, 7) is 7.13. The Balaban J connectivity index is 1.26. The largest absolute Gasteiger partial charge is 0.493 e. The standard InChI is InChI=1S/C25H33N5O3/c1-25(2,3)33-24(32)29-14-12-16(13-15-29)8-11-18-21(17-9-10-17)28-30(22(18)31)23-26-19-6-4-5-7-20(19)27-23/h4-7,16-17,31H,8-15H2,1-3H3,(H,26,27). The molecule has 0 spiro atoms. The topological polar surface area (TPSA) is 96.3 Å². The average Bonchev–Trinajstić information content (AvgIpc) is 3.44. The van der Waals surface area contributed by atoms with Gasteiger partial charge in [0.25, 0.3) is 0 Å². The number of nitrogens with zero attached hydrogens (tertiary/aromatic N) is 4. The van der Waals surface area contributed by atoms with Gasteiger partial charge in [0.2, 0.25) is 11.8 Å². The van der Waals surface area contributed by atoms with E-state index >= 15 is 0 Å². The number of aromatic nitrogens is 4. The number of imidazole rings is 1. The molecule has 33 heavy (non-hydrogen) atoms. The fraction of sp³-hybridized carbons (Fsp3) is 0.560. The van der Waals surface area contributed by atoms with E-state index in [1.165, 1.54) is 0 Å². The molecule has 5 rings (SSSR count). The second kappa shape index (κ2) is 8.39. The average molecular weight is 452 g/mol. The van der Waals surface area contributed by atoms with Gasteiger partial charge in [-0.25, -0.2) is 9.78 Å². The SMILES string of the molecule is CC(C)(C)OC(=O)N1CCC(CCc2c(C3CC3)nn(-c3nc4ccccc4[nH]3)c2O)CC1. The van der Waals surface area contributed by atoms with E-state index in [0.29, 0.717) is 17.8 Å². The number of aromatic amines is 1. The summed E-state index contributed by atoms with van der Waals surface area (Å²) < 4.78 is 7.07. The molecule has 1 aliphatic heterocycles. The molecule has 3 aromatic rings. The number of nitrogens with one attached hydrogen (secondary N) is 1. The zero-order valence-electron chi connectivity index (χ0n) is 19.7. The molecule has 1 amide bonds. The number of aromatic hydroxyl groups is 1. The van der Waals surface area contributed by atoms with E-state index < -0.39 is 5.60 Å². The van der Waals surface area contributed by atoms with Crippen molar-refractivity contribution in [2.45, 2.75) is 70.8 Å². The molecule has 0 bridgehead atoms. The molecule has 3 heterocycles. The Bertz CT molecular complexity index is 1110. The first kappa shape index (κ1) is 21.8. The van der Waals surface area contributed by atoms with E-state index in [4.69, 9.17) is 9.84 Å². The minimum absolute atomic E-state index is 0.196. The lowest BCUT2D eigenvalue weighted by atomic mass is 9.90. The number of carbonyl (C=O) groups excluding carboxylic acids is 1. The Labute approximate surface area is 193 Å². The zero-order chi connectivity index (χ0) is 23.2. The van der Waals surface area contributed by atoms with Gasteiger partial charge in [-0.3, -0.25) is 0 Å². The number of para-hydroxylation sites is 2. The summed E-state index contributed by atoms with van der Waals surface area (Å²) in [5, 5.41) is 15.9. The van der Waals surface area contributed by atoms with Crippen LogP contribution in [0.25, 0.3) is 17.0 Å². The molecule has 1 aromatic carbocycles. The third-order valence-electron chi connectivity index (χ3n) is 6.60. The van der Waals surface area contributed by atoms with Gasteiger partial charge in [-0.1, -0.05) is 12.1 Å². The van der Waals surface area contributed by atoms with Crippen molar-refractivity contribution in [2.24, 2.45) is 5.92 Å². The molecular weight excluding hydrogens is 418 g/mol.